The largest absolute Gasteiger partial charge is 0.494 e. The number of nitrogens with one attached hydrogen (secondary N) is 1. The standard InChI is InChI=1S/C18H31NO3/c1-15(2)19-10-5-11-22-18-8-6-17(7-9-18)14-20-12-13-21-16(3)4/h6-9,15-16,19H,5,10-14H2,1-4H3. The van der Waals surface area contributed by atoms with Gasteiger partial charge in [0.25, 0.3) is 0 Å². The van der Waals surface area contributed by atoms with E-state index in [0.717, 1.165) is 30.9 Å². The van der Waals surface area contributed by atoms with E-state index in [0.29, 0.717) is 25.9 Å². The highest BCUT2D eigenvalue weighted by Crippen LogP contribution is 2.13. The first kappa shape index (κ1) is 18.9. The molecule has 126 valence electrons. The number of rotatable bonds is 12. The molecule has 0 aliphatic heterocycles. The molecule has 1 rings (SSSR count). The Bertz CT molecular complexity index is 339. The fourth-order valence-electron chi connectivity index (χ4n) is 1.87. The van der Waals surface area contributed by atoms with Crippen molar-refractivity contribution in [1.82, 2.24) is 5.32 Å². The van der Waals surface area contributed by atoms with Crippen molar-refractivity contribution in [1.29, 1.82) is 0 Å². The molecule has 1 aromatic carbocycles. The third-order valence-corrected chi connectivity index (χ3v) is 3.01. The van der Waals surface area contributed by atoms with Crippen LogP contribution in [0, 0.1) is 0 Å². The van der Waals surface area contributed by atoms with Crippen molar-refractivity contribution in [2.45, 2.75) is 52.9 Å². The van der Waals surface area contributed by atoms with Crippen LogP contribution in [0.2, 0.25) is 0 Å². The minimum Gasteiger partial charge on any atom is -0.494 e. The van der Waals surface area contributed by atoms with Gasteiger partial charge in [-0.3, -0.25) is 0 Å². The van der Waals surface area contributed by atoms with Crippen LogP contribution in [-0.2, 0) is 16.1 Å². The zero-order valence-electron chi connectivity index (χ0n) is 14.4. The first-order valence-corrected chi connectivity index (χ1v) is 8.22. The average Bonchev–Trinajstić information content (AvgIpc) is 2.47. The molecule has 0 spiro atoms. The first-order chi connectivity index (χ1) is 10.6. The van der Waals surface area contributed by atoms with Crippen molar-refractivity contribution in [2.75, 3.05) is 26.4 Å². The Hall–Kier alpha value is -1.10. The zero-order chi connectivity index (χ0) is 16.2. The lowest BCUT2D eigenvalue weighted by molar-refractivity contribution is 0.0143. The maximum atomic E-state index is 5.71. The van der Waals surface area contributed by atoms with Crippen LogP contribution in [0.4, 0.5) is 0 Å². The molecule has 22 heavy (non-hydrogen) atoms. The molecule has 0 amide bonds. The van der Waals surface area contributed by atoms with Gasteiger partial charge in [-0.15, -0.1) is 0 Å². The second-order valence-electron chi connectivity index (χ2n) is 5.93. The highest BCUT2D eigenvalue weighted by molar-refractivity contribution is 5.26. The summed E-state index contributed by atoms with van der Waals surface area (Å²) in [5, 5.41) is 3.37. The summed E-state index contributed by atoms with van der Waals surface area (Å²) in [5.41, 5.74) is 1.15. The molecular weight excluding hydrogens is 278 g/mol. The van der Waals surface area contributed by atoms with Gasteiger partial charge in [0.05, 0.1) is 32.5 Å². The Kier molecular flexibility index (Phi) is 9.87. The number of ether oxygens (including phenoxy) is 3. The van der Waals surface area contributed by atoms with Gasteiger partial charge >= 0.3 is 0 Å². The summed E-state index contributed by atoms with van der Waals surface area (Å²) in [6.45, 7) is 12.0. The third-order valence-electron chi connectivity index (χ3n) is 3.01. The SMILES string of the molecule is CC(C)NCCCOc1ccc(COCCOC(C)C)cc1. The summed E-state index contributed by atoms with van der Waals surface area (Å²) >= 11 is 0. The van der Waals surface area contributed by atoms with E-state index in [2.05, 4.69) is 19.2 Å². The Morgan fingerprint density at radius 2 is 1.68 bits per heavy atom. The van der Waals surface area contributed by atoms with E-state index in [1.807, 2.05) is 38.1 Å². The fourth-order valence-corrected chi connectivity index (χ4v) is 1.87. The van der Waals surface area contributed by atoms with Crippen LogP contribution in [0.3, 0.4) is 0 Å². The molecule has 4 nitrogen and oxygen atoms in total. The normalized spacial score (nSPS) is 11.4. The van der Waals surface area contributed by atoms with Crippen LogP contribution in [0.1, 0.15) is 39.7 Å². The van der Waals surface area contributed by atoms with Gasteiger partial charge in [-0.05, 0) is 44.5 Å². The van der Waals surface area contributed by atoms with Crippen LogP contribution >= 0.6 is 0 Å². The third kappa shape index (κ3) is 9.77. The van der Waals surface area contributed by atoms with Crippen LogP contribution in [0.15, 0.2) is 24.3 Å². The van der Waals surface area contributed by atoms with Crippen LogP contribution < -0.4 is 10.1 Å². The lowest BCUT2D eigenvalue weighted by atomic mass is 10.2. The van der Waals surface area contributed by atoms with Crippen molar-refractivity contribution in [3.05, 3.63) is 29.8 Å². The number of benzene rings is 1. The molecule has 0 fully saturated rings. The van der Waals surface area contributed by atoms with Crippen LogP contribution in [0.5, 0.6) is 5.75 Å². The van der Waals surface area contributed by atoms with Crippen LogP contribution in [0.25, 0.3) is 0 Å². The van der Waals surface area contributed by atoms with E-state index >= 15 is 0 Å². The Balaban J connectivity index is 2.12. The van der Waals surface area contributed by atoms with Gasteiger partial charge in [-0.2, -0.15) is 0 Å². The summed E-state index contributed by atoms with van der Waals surface area (Å²) < 4.78 is 16.7. The minimum absolute atomic E-state index is 0.260. The summed E-state index contributed by atoms with van der Waals surface area (Å²) in [6, 6.07) is 8.62. The van der Waals surface area contributed by atoms with Gasteiger partial charge < -0.3 is 19.5 Å². The summed E-state index contributed by atoms with van der Waals surface area (Å²) in [7, 11) is 0. The van der Waals surface area contributed by atoms with E-state index < -0.39 is 0 Å². The molecule has 0 heterocycles. The molecular formula is C18H31NO3. The molecule has 0 aliphatic rings. The molecule has 0 aromatic heterocycles. The molecule has 0 aliphatic carbocycles. The molecule has 0 saturated carbocycles. The monoisotopic (exact) mass is 309 g/mol. The highest BCUT2D eigenvalue weighted by Gasteiger charge is 1.98. The van der Waals surface area contributed by atoms with Crippen molar-refractivity contribution in [2.24, 2.45) is 0 Å². The average molecular weight is 309 g/mol. The van der Waals surface area contributed by atoms with Crippen molar-refractivity contribution >= 4 is 0 Å². The minimum atomic E-state index is 0.260. The molecule has 0 unspecified atom stereocenters. The molecule has 0 radical (unpaired) electrons. The van der Waals surface area contributed by atoms with Crippen molar-refractivity contribution < 1.29 is 14.2 Å². The highest BCUT2D eigenvalue weighted by atomic mass is 16.5. The topological polar surface area (TPSA) is 39.7 Å². The molecule has 4 heteroatoms. The Morgan fingerprint density at radius 3 is 2.32 bits per heavy atom. The maximum absolute atomic E-state index is 5.71. The van der Waals surface area contributed by atoms with Crippen LogP contribution in [-0.4, -0.2) is 38.5 Å². The molecule has 1 N–H and O–H groups in total. The van der Waals surface area contributed by atoms with Gasteiger partial charge in [0.1, 0.15) is 5.75 Å². The molecule has 0 bridgehead atoms. The second kappa shape index (κ2) is 11.5. The van der Waals surface area contributed by atoms with Gasteiger partial charge in [0, 0.05) is 6.04 Å². The molecule has 0 atom stereocenters. The van der Waals surface area contributed by atoms with Crippen molar-refractivity contribution in [3.63, 3.8) is 0 Å². The predicted molar refractivity (Wildman–Crippen MR) is 90.4 cm³/mol. The maximum Gasteiger partial charge on any atom is 0.119 e. The van der Waals surface area contributed by atoms with Gasteiger partial charge in [-0.25, -0.2) is 0 Å². The summed E-state index contributed by atoms with van der Waals surface area (Å²) in [5.74, 6) is 0.913. The molecule has 0 saturated heterocycles. The summed E-state index contributed by atoms with van der Waals surface area (Å²) in [4.78, 5) is 0. The van der Waals surface area contributed by atoms with E-state index in [1.54, 1.807) is 0 Å². The van der Waals surface area contributed by atoms with Crippen molar-refractivity contribution in [3.8, 4) is 5.75 Å². The van der Waals surface area contributed by atoms with E-state index in [-0.39, 0.29) is 6.10 Å². The molecule has 1 aromatic rings. The van der Waals surface area contributed by atoms with Gasteiger partial charge in [0.2, 0.25) is 0 Å². The van der Waals surface area contributed by atoms with Gasteiger partial charge in [-0.1, -0.05) is 26.0 Å². The predicted octanol–water partition coefficient (Wildman–Crippen LogP) is 3.40. The lowest BCUT2D eigenvalue weighted by Gasteiger charge is -2.10. The second-order valence-corrected chi connectivity index (χ2v) is 5.93. The van der Waals surface area contributed by atoms with Gasteiger partial charge in [0.15, 0.2) is 0 Å². The Labute approximate surface area is 135 Å². The quantitative estimate of drug-likeness (QED) is 0.601. The fraction of sp³-hybridized carbons (Fsp3) is 0.667. The number of hydrogen-bond donors (Lipinski definition) is 1. The smallest absolute Gasteiger partial charge is 0.119 e. The zero-order valence-corrected chi connectivity index (χ0v) is 14.4. The van der Waals surface area contributed by atoms with E-state index in [4.69, 9.17) is 14.2 Å². The van der Waals surface area contributed by atoms with E-state index in [9.17, 15) is 0 Å². The lowest BCUT2D eigenvalue weighted by Crippen LogP contribution is -2.24. The van der Waals surface area contributed by atoms with E-state index in [1.165, 1.54) is 0 Å². The first-order valence-electron chi connectivity index (χ1n) is 8.22. The summed E-state index contributed by atoms with van der Waals surface area (Å²) in [6.07, 6.45) is 1.27. The number of hydrogen-bond acceptors (Lipinski definition) is 4. The Morgan fingerprint density at radius 1 is 0.955 bits per heavy atom.